The Bertz CT molecular complexity index is 1360. The van der Waals surface area contributed by atoms with Gasteiger partial charge in [0.15, 0.2) is 18.2 Å². The fourth-order valence-corrected chi connectivity index (χ4v) is 4.18. The molecule has 2 heterocycles. The number of fused-ring (bicyclic) bond motifs is 1. The van der Waals surface area contributed by atoms with Gasteiger partial charge in [-0.3, -0.25) is 14.2 Å². The second-order valence-electron chi connectivity index (χ2n) is 10.6. The fourth-order valence-electron chi connectivity index (χ4n) is 4.18. The molecule has 4 rings (SSSR count). The zero-order valence-corrected chi connectivity index (χ0v) is 22.8. The van der Waals surface area contributed by atoms with Crippen LogP contribution >= 0.6 is 0 Å². The number of rotatable bonds is 8. The maximum atomic E-state index is 13.0. The largest absolute Gasteiger partial charge is 0.493 e. The summed E-state index contributed by atoms with van der Waals surface area (Å²) < 4.78 is 23.5. The highest BCUT2D eigenvalue weighted by molar-refractivity contribution is 5.81. The van der Waals surface area contributed by atoms with Crippen molar-refractivity contribution in [2.45, 2.75) is 47.0 Å². The number of hydrogen-bond donors (Lipinski definition) is 0. The SMILES string of the molecule is COc1cc2c(=O)n(COC(=O)C(C)(C)C)cnc2cc1OCC1CCN(C(=O)OCc2ccccc2)CC1. The molecule has 0 aliphatic carbocycles. The zero-order chi connectivity index (χ0) is 28.0. The van der Waals surface area contributed by atoms with Crippen LogP contribution in [0, 0.1) is 11.3 Å². The van der Waals surface area contributed by atoms with E-state index in [2.05, 4.69) is 4.98 Å². The first-order valence-electron chi connectivity index (χ1n) is 13.0. The van der Waals surface area contributed by atoms with Gasteiger partial charge in [0.1, 0.15) is 12.9 Å². The van der Waals surface area contributed by atoms with Gasteiger partial charge in [0.25, 0.3) is 5.56 Å². The Kier molecular flexibility index (Phi) is 8.73. The Morgan fingerprint density at radius 1 is 1.03 bits per heavy atom. The number of methoxy groups -OCH3 is 1. The lowest BCUT2D eigenvalue weighted by Crippen LogP contribution is -2.40. The van der Waals surface area contributed by atoms with Crippen molar-refractivity contribution in [2.24, 2.45) is 11.3 Å². The standard InChI is InChI=1S/C29H35N3O7/c1-29(2,3)27(34)39-19-32-18-30-23-15-25(24(36-4)14-22(23)26(32)33)37-16-21-10-12-31(13-11-21)28(35)38-17-20-8-6-5-7-9-20/h5-9,14-15,18,21H,10-13,16-17,19H2,1-4H3. The summed E-state index contributed by atoms with van der Waals surface area (Å²) in [5.74, 6) is 0.735. The van der Waals surface area contributed by atoms with E-state index >= 15 is 0 Å². The number of carbonyl (C=O) groups is 2. The summed E-state index contributed by atoms with van der Waals surface area (Å²) >= 11 is 0. The second-order valence-corrected chi connectivity index (χ2v) is 10.6. The summed E-state index contributed by atoms with van der Waals surface area (Å²) in [6.45, 7) is 6.89. The summed E-state index contributed by atoms with van der Waals surface area (Å²) in [5, 5.41) is 0.329. The number of nitrogens with zero attached hydrogens (tertiary/aromatic N) is 3. The first-order valence-corrected chi connectivity index (χ1v) is 13.0. The van der Waals surface area contributed by atoms with E-state index in [4.69, 9.17) is 18.9 Å². The molecule has 10 nitrogen and oxygen atoms in total. The lowest BCUT2D eigenvalue weighted by molar-refractivity contribution is -0.157. The number of ether oxygens (including phenoxy) is 4. The van der Waals surface area contributed by atoms with Crippen molar-refractivity contribution < 1.29 is 28.5 Å². The van der Waals surface area contributed by atoms with Gasteiger partial charge in [-0.25, -0.2) is 9.78 Å². The van der Waals surface area contributed by atoms with Crippen LogP contribution in [0.15, 0.2) is 53.6 Å². The van der Waals surface area contributed by atoms with E-state index in [1.165, 1.54) is 18.0 Å². The molecular weight excluding hydrogens is 502 g/mol. The molecular formula is C29H35N3O7. The van der Waals surface area contributed by atoms with E-state index in [0.29, 0.717) is 42.1 Å². The third kappa shape index (κ3) is 7.07. The number of esters is 1. The summed E-state index contributed by atoms with van der Waals surface area (Å²) in [4.78, 5) is 43.6. The van der Waals surface area contributed by atoms with Gasteiger partial charge in [-0.1, -0.05) is 30.3 Å². The number of likely N-dealkylation sites (tertiary alicyclic amines) is 1. The van der Waals surface area contributed by atoms with E-state index in [1.54, 1.807) is 37.8 Å². The molecule has 0 saturated carbocycles. The van der Waals surface area contributed by atoms with Gasteiger partial charge in [0.05, 0.1) is 30.0 Å². The molecule has 0 N–H and O–H groups in total. The van der Waals surface area contributed by atoms with Crippen LogP contribution in [0.4, 0.5) is 4.79 Å². The average molecular weight is 538 g/mol. The minimum absolute atomic E-state index is 0.225. The van der Waals surface area contributed by atoms with Crippen LogP contribution < -0.4 is 15.0 Å². The lowest BCUT2D eigenvalue weighted by Gasteiger charge is -2.31. The smallest absolute Gasteiger partial charge is 0.410 e. The molecule has 1 saturated heterocycles. The Balaban J connectivity index is 1.33. The van der Waals surface area contributed by atoms with E-state index in [0.717, 1.165) is 18.4 Å². The Labute approximate surface area is 227 Å². The molecule has 0 bridgehead atoms. The highest BCUT2D eigenvalue weighted by atomic mass is 16.6. The minimum Gasteiger partial charge on any atom is -0.493 e. The third-order valence-electron chi connectivity index (χ3n) is 6.61. The van der Waals surface area contributed by atoms with Gasteiger partial charge in [0.2, 0.25) is 0 Å². The van der Waals surface area contributed by atoms with Crippen molar-refractivity contribution in [2.75, 3.05) is 26.8 Å². The maximum Gasteiger partial charge on any atom is 0.410 e. The molecule has 39 heavy (non-hydrogen) atoms. The van der Waals surface area contributed by atoms with Crippen LogP contribution in [0.5, 0.6) is 11.5 Å². The van der Waals surface area contributed by atoms with E-state index < -0.39 is 11.4 Å². The van der Waals surface area contributed by atoms with E-state index in [1.807, 2.05) is 30.3 Å². The highest BCUT2D eigenvalue weighted by Gasteiger charge is 2.25. The third-order valence-corrected chi connectivity index (χ3v) is 6.61. The van der Waals surface area contributed by atoms with Crippen molar-refractivity contribution in [3.05, 3.63) is 64.7 Å². The normalized spacial score (nSPS) is 14.2. The lowest BCUT2D eigenvalue weighted by atomic mass is 9.98. The monoisotopic (exact) mass is 537 g/mol. The van der Waals surface area contributed by atoms with Gasteiger partial charge in [-0.05, 0) is 51.2 Å². The number of benzene rings is 2. The van der Waals surface area contributed by atoms with Gasteiger partial charge >= 0.3 is 12.1 Å². The topological polar surface area (TPSA) is 109 Å². The molecule has 10 heteroatoms. The molecule has 1 fully saturated rings. The molecule has 1 amide bonds. The minimum atomic E-state index is -0.675. The van der Waals surface area contributed by atoms with Crippen LogP contribution in [-0.2, 0) is 27.6 Å². The van der Waals surface area contributed by atoms with Crippen LogP contribution in [0.2, 0.25) is 0 Å². The second kappa shape index (κ2) is 12.2. The number of amides is 1. The predicted octanol–water partition coefficient (Wildman–Crippen LogP) is 4.38. The number of hydrogen-bond acceptors (Lipinski definition) is 8. The van der Waals surface area contributed by atoms with Gasteiger partial charge in [0, 0.05) is 19.2 Å². The molecule has 3 aromatic rings. The van der Waals surface area contributed by atoms with Crippen molar-refractivity contribution in [3.8, 4) is 11.5 Å². The van der Waals surface area contributed by atoms with Crippen molar-refractivity contribution in [3.63, 3.8) is 0 Å². The first-order chi connectivity index (χ1) is 18.7. The van der Waals surface area contributed by atoms with Crippen molar-refractivity contribution in [1.82, 2.24) is 14.5 Å². The van der Waals surface area contributed by atoms with E-state index in [9.17, 15) is 14.4 Å². The molecule has 0 atom stereocenters. The summed E-state index contributed by atoms with van der Waals surface area (Å²) in [6.07, 6.45) is 2.61. The number of aromatic nitrogens is 2. The Morgan fingerprint density at radius 3 is 2.41 bits per heavy atom. The van der Waals surface area contributed by atoms with Gasteiger partial charge < -0.3 is 23.8 Å². The highest BCUT2D eigenvalue weighted by Crippen LogP contribution is 2.31. The van der Waals surface area contributed by atoms with Crippen molar-refractivity contribution in [1.29, 1.82) is 0 Å². The fraction of sp³-hybridized carbons (Fsp3) is 0.448. The van der Waals surface area contributed by atoms with Crippen LogP contribution in [0.3, 0.4) is 0 Å². The molecule has 2 aromatic carbocycles. The molecule has 1 aliphatic rings. The number of piperidine rings is 1. The summed E-state index contributed by atoms with van der Waals surface area (Å²) in [6, 6.07) is 12.9. The Morgan fingerprint density at radius 2 is 1.74 bits per heavy atom. The van der Waals surface area contributed by atoms with E-state index in [-0.39, 0.29) is 30.9 Å². The molecule has 1 aliphatic heterocycles. The predicted molar refractivity (Wildman–Crippen MR) is 145 cm³/mol. The average Bonchev–Trinajstić information content (AvgIpc) is 2.94. The van der Waals surface area contributed by atoms with Crippen LogP contribution in [0.25, 0.3) is 10.9 Å². The quantitative estimate of drug-likeness (QED) is 0.390. The number of carbonyl (C=O) groups excluding carboxylic acids is 2. The molecule has 208 valence electrons. The van der Waals surface area contributed by atoms with Crippen LogP contribution in [0.1, 0.15) is 39.2 Å². The molecule has 1 aromatic heterocycles. The Hall–Kier alpha value is -4.08. The summed E-state index contributed by atoms with van der Waals surface area (Å²) in [5.41, 5.74) is 0.380. The van der Waals surface area contributed by atoms with Gasteiger partial charge in [-0.15, -0.1) is 0 Å². The zero-order valence-electron chi connectivity index (χ0n) is 22.8. The first kappa shape index (κ1) is 27.9. The van der Waals surface area contributed by atoms with Crippen LogP contribution in [-0.4, -0.2) is 53.3 Å². The molecule has 0 spiro atoms. The van der Waals surface area contributed by atoms with Gasteiger partial charge in [-0.2, -0.15) is 0 Å². The molecule has 0 radical (unpaired) electrons. The molecule has 0 unspecified atom stereocenters. The maximum absolute atomic E-state index is 13.0. The van der Waals surface area contributed by atoms with Crippen molar-refractivity contribution >= 4 is 23.0 Å². The summed E-state index contributed by atoms with van der Waals surface area (Å²) in [7, 11) is 1.51.